The van der Waals surface area contributed by atoms with Crippen LogP contribution in [0.15, 0.2) is 30.3 Å². The molecular weight excluding hydrogens is 208 g/mol. The molecule has 0 radical (unpaired) electrons. The Morgan fingerprint density at radius 1 is 1.27 bits per heavy atom. The van der Waals surface area contributed by atoms with Gasteiger partial charge in [0.2, 0.25) is 0 Å². The van der Waals surface area contributed by atoms with Crippen molar-refractivity contribution in [2.75, 3.05) is 0 Å². The molecule has 0 fully saturated rings. The average molecular weight is 221 g/mol. The van der Waals surface area contributed by atoms with Gasteiger partial charge in [0, 0.05) is 24.2 Å². The van der Waals surface area contributed by atoms with Crippen molar-refractivity contribution >= 4 is 11.6 Å². The van der Waals surface area contributed by atoms with E-state index in [9.17, 15) is 0 Å². The number of aryl methyl sites for hydroxylation is 2. The van der Waals surface area contributed by atoms with Crippen molar-refractivity contribution in [2.45, 2.75) is 13.3 Å². The van der Waals surface area contributed by atoms with Crippen LogP contribution in [0.4, 0.5) is 0 Å². The molecule has 1 heterocycles. The van der Waals surface area contributed by atoms with Gasteiger partial charge < -0.3 is 0 Å². The van der Waals surface area contributed by atoms with Gasteiger partial charge in [0.1, 0.15) is 0 Å². The average Bonchev–Trinajstić information content (AvgIpc) is 2.50. The Bertz CT molecular complexity index is 437. The van der Waals surface area contributed by atoms with Gasteiger partial charge in [-0.25, -0.2) is 0 Å². The fraction of sp³-hybridized carbons (Fsp3) is 0.250. The van der Waals surface area contributed by atoms with Crippen molar-refractivity contribution in [3.63, 3.8) is 0 Å². The lowest BCUT2D eigenvalue weighted by Crippen LogP contribution is -1.94. The summed E-state index contributed by atoms with van der Waals surface area (Å²) >= 11 is 5.82. The van der Waals surface area contributed by atoms with E-state index in [1.807, 2.05) is 36.0 Å². The molecule has 0 saturated heterocycles. The maximum atomic E-state index is 5.82. The summed E-state index contributed by atoms with van der Waals surface area (Å²) in [5, 5.41) is 5.19. The summed E-state index contributed by atoms with van der Waals surface area (Å²) in [5.74, 6) is 0. The van der Waals surface area contributed by atoms with Crippen LogP contribution in [0.1, 0.15) is 17.0 Å². The van der Waals surface area contributed by atoms with E-state index in [0.717, 1.165) is 17.1 Å². The minimum Gasteiger partial charge on any atom is -0.273 e. The van der Waals surface area contributed by atoms with Crippen molar-refractivity contribution < 1.29 is 0 Å². The highest BCUT2D eigenvalue weighted by atomic mass is 35.5. The Balaban J connectivity index is 2.18. The van der Waals surface area contributed by atoms with Crippen molar-refractivity contribution in [1.29, 1.82) is 0 Å². The predicted molar refractivity (Wildman–Crippen MR) is 62.2 cm³/mol. The monoisotopic (exact) mass is 220 g/mol. The van der Waals surface area contributed by atoms with Crippen LogP contribution in [-0.2, 0) is 13.5 Å². The molecule has 1 aromatic heterocycles. The van der Waals surface area contributed by atoms with Crippen molar-refractivity contribution in [2.24, 2.45) is 7.05 Å². The lowest BCUT2D eigenvalue weighted by Gasteiger charge is -1.97. The van der Waals surface area contributed by atoms with Crippen LogP contribution < -0.4 is 0 Å². The third-order valence-electron chi connectivity index (χ3n) is 2.46. The molecule has 2 nitrogen and oxygen atoms in total. The first-order chi connectivity index (χ1) is 7.15. The smallest absolute Gasteiger partial charge is 0.0671 e. The quantitative estimate of drug-likeness (QED) is 0.761. The van der Waals surface area contributed by atoms with Gasteiger partial charge in [-0.3, -0.25) is 4.68 Å². The first-order valence-corrected chi connectivity index (χ1v) is 5.27. The summed E-state index contributed by atoms with van der Waals surface area (Å²) in [7, 11) is 1.96. The van der Waals surface area contributed by atoms with E-state index in [-0.39, 0.29) is 0 Å². The fourth-order valence-corrected chi connectivity index (χ4v) is 1.66. The molecule has 0 aliphatic carbocycles. The van der Waals surface area contributed by atoms with E-state index in [1.165, 1.54) is 11.3 Å². The summed E-state index contributed by atoms with van der Waals surface area (Å²) in [6.45, 7) is 2.05. The third kappa shape index (κ3) is 2.39. The second kappa shape index (κ2) is 4.07. The molecule has 2 rings (SSSR count). The Morgan fingerprint density at radius 2 is 1.93 bits per heavy atom. The van der Waals surface area contributed by atoms with Crippen molar-refractivity contribution in [3.05, 3.63) is 52.3 Å². The van der Waals surface area contributed by atoms with Crippen LogP contribution >= 0.6 is 11.6 Å². The molecule has 15 heavy (non-hydrogen) atoms. The minimum absolute atomic E-state index is 0.774. The van der Waals surface area contributed by atoms with Gasteiger partial charge in [0.05, 0.1) is 5.69 Å². The van der Waals surface area contributed by atoms with Crippen LogP contribution in [0.2, 0.25) is 5.02 Å². The zero-order chi connectivity index (χ0) is 10.8. The molecule has 0 bridgehead atoms. The topological polar surface area (TPSA) is 17.8 Å². The molecule has 1 aromatic carbocycles. The molecule has 2 aromatic rings. The zero-order valence-corrected chi connectivity index (χ0v) is 9.62. The highest BCUT2D eigenvalue weighted by Gasteiger charge is 2.02. The number of halogens is 1. The summed E-state index contributed by atoms with van der Waals surface area (Å²) in [5.41, 5.74) is 3.51. The number of hydrogen-bond acceptors (Lipinski definition) is 1. The van der Waals surface area contributed by atoms with E-state index in [4.69, 9.17) is 11.6 Å². The summed E-state index contributed by atoms with van der Waals surface area (Å²) in [4.78, 5) is 0. The van der Waals surface area contributed by atoms with Gasteiger partial charge in [-0.2, -0.15) is 5.10 Å². The highest BCUT2D eigenvalue weighted by molar-refractivity contribution is 6.30. The van der Waals surface area contributed by atoms with Gasteiger partial charge >= 0.3 is 0 Å². The van der Waals surface area contributed by atoms with Gasteiger partial charge in [-0.1, -0.05) is 23.7 Å². The molecule has 0 aliphatic heterocycles. The molecular formula is C12H13ClN2. The molecule has 78 valence electrons. The van der Waals surface area contributed by atoms with E-state index >= 15 is 0 Å². The minimum atomic E-state index is 0.774. The number of hydrogen-bond donors (Lipinski definition) is 0. The summed E-state index contributed by atoms with van der Waals surface area (Å²) in [6.07, 6.45) is 0.860. The van der Waals surface area contributed by atoms with E-state index in [2.05, 4.69) is 18.1 Å². The SMILES string of the molecule is Cc1cc(Cc2ccc(Cl)cc2)nn1C. The van der Waals surface area contributed by atoms with E-state index in [1.54, 1.807) is 0 Å². The van der Waals surface area contributed by atoms with Gasteiger partial charge in [-0.15, -0.1) is 0 Å². The Hall–Kier alpha value is -1.28. The molecule has 0 spiro atoms. The number of nitrogens with zero attached hydrogens (tertiary/aromatic N) is 2. The van der Waals surface area contributed by atoms with E-state index < -0.39 is 0 Å². The summed E-state index contributed by atoms with van der Waals surface area (Å²) < 4.78 is 1.89. The van der Waals surface area contributed by atoms with Crippen LogP contribution in [0.5, 0.6) is 0 Å². The first-order valence-electron chi connectivity index (χ1n) is 4.89. The van der Waals surface area contributed by atoms with Crippen molar-refractivity contribution in [1.82, 2.24) is 9.78 Å². The Kier molecular flexibility index (Phi) is 2.78. The molecule has 3 heteroatoms. The Labute approximate surface area is 94.5 Å². The lowest BCUT2D eigenvalue weighted by atomic mass is 10.1. The molecule has 0 amide bonds. The van der Waals surface area contributed by atoms with Gasteiger partial charge in [-0.05, 0) is 30.7 Å². The maximum absolute atomic E-state index is 5.82. The lowest BCUT2D eigenvalue weighted by molar-refractivity contribution is 0.725. The largest absolute Gasteiger partial charge is 0.273 e. The van der Waals surface area contributed by atoms with Crippen LogP contribution in [-0.4, -0.2) is 9.78 Å². The zero-order valence-electron chi connectivity index (χ0n) is 8.87. The van der Waals surface area contributed by atoms with Crippen LogP contribution in [0.3, 0.4) is 0 Å². The van der Waals surface area contributed by atoms with Crippen LogP contribution in [0.25, 0.3) is 0 Å². The number of benzene rings is 1. The van der Waals surface area contributed by atoms with E-state index in [0.29, 0.717) is 0 Å². The Morgan fingerprint density at radius 3 is 2.47 bits per heavy atom. The predicted octanol–water partition coefficient (Wildman–Crippen LogP) is 2.97. The first kappa shape index (κ1) is 10.2. The van der Waals surface area contributed by atoms with Gasteiger partial charge in [0.15, 0.2) is 0 Å². The number of rotatable bonds is 2. The maximum Gasteiger partial charge on any atom is 0.0671 e. The number of aromatic nitrogens is 2. The summed E-state index contributed by atoms with van der Waals surface area (Å²) in [6, 6.07) is 9.99. The van der Waals surface area contributed by atoms with Gasteiger partial charge in [0.25, 0.3) is 0 Å². The standard InChI is InChI=1S/C12H13ClN2/c1-9-7-12(14-15(9)2)8-10-3-5-11(13)6-4-10/h3-7H,8H2,1-2H3. The third-order valence-corrected chi connectivity index (χ3v) is 2.71. The van der Waals surface area contributed by atoms with Crippen molar-refractivity contribution in [3.8, 4) is 0 Å². The molecule has 0 N–H and O–H groups in total. The van der Waals surface area contributed by atoms with Crippen LogP contribution in [0, 0.1) is 6.92 Å². The molecule has 0 aliphatic rings. The molecule has 0 atom stereocenters. The second-order valence-electron chi connectivity index (χ2n) is 3.70. The highest BCUT2D eigenvalue weighted by Crippen LogP contribution is 2.13. The molecule has 0 unspecified atom stereocenters. The normalized spacial score (nSPS) is 10.6. The fourth-order valence-electron chi connectivity index (χ4n) is 1.53. The molecule has 0 saturated carbocycles. The second-order valence-corrected chi connectivity index (χ2v) is 4.14.